The molecule has 3 rings (SSSR count). The lowest BCUT2D eigenvalue weighted by atomic mass is 10.1. The van der Waals surface area contributed by atoms with Crippen LogP contribution in [-0.2, 0) is 10.2 Å². The van der Waals surface area contributed by atoms with Crippen molar-refractivity contribution in [3.05, 3.63) is 35.9 Å². The predicted molar refractivity (Wildman–Crippen MR) is 86.7 cm³/mol. The van der Waals surface area contributed by atoms with Gasteiger partial charge in [0.25, 0.3) is 10.2 Å². The molecular weight excluding hydrogens is 300 g/mol. The Morgan fingerprint density at radius 2 is 2.09 bits per heavy atom. The molecule has 3 atom stereocenters. The first-order chi connectivity index (χ1) is 10.5. The fourth-order valence-electron chi connectivity index (χ4n) is 3.36. The summed E-state index contributed by atoms with van der Waals surface area (Å²) in [6.07, 6.45) is 0.927. The average molecular weight is 324 g/mol. The molecular formula is C15H24N4O2S. The second-order valence-electron chi connectivity index (χ2n) is 6.31. The monoisotopic (exact) mass is 324 g/mol. The van der Waals surface area contributed by atoms with Crippen molar-refractivity contribution >= 4 is 10.2 Å². The molecule has 122 valence electrons. The minimum absolute atomic E-state index is 0.0221. The van der Waals surface area contributed by atoms with Crippen molar-refractivity contribution in [1.29, 1.82) is 0 Å². The number of rotatable bonds is 6. The van der Waals surface area contributed by atoms with Crippen LogP contribution in [0.5, 0.6) is 0 Å². The van der Waals surface area contributed by atoms with Gasteiger partial charge in [0.2, 0.25) is 0 Å². The van der Waals surface area contributed by atoms with Gasteiger partial charge in [-0.1, -0.05) is 30.3 Å². The van der Waals surface area contributed by atoms with E-state index in [1.165, 1.54) is 0 Å². The molecule has 0 radical (unpaired) electrons. The standard InChI is InChI=1S/C15H24N4O2S/c1-18(2)15(12-6-4-3-5-7-12)10-17-22(20,21)19-11-13-8-14(19)9-16-13/h3-7,13-17H,8-11H2,1-2H3/t13-,14-,15?/m0/s1. The molecule has 1 aromatic carbocycles. The SMILES string of the molecule is CN(C)C(CNS(=O)(=O)N1C[C@@H]2C[C@H]1CN2)c1ccccc1. The van der Waals surface area contributed by atoms with E-state index >= 15 is 0 Å². The summed E-state index contributed by atoms with van der Waals surface area (Å²) in [5.41, 5.74) is 1.11. The molecule has 0 aromatic heterocycles. The lowest BCUT2D eigenvalue weighted by Gasteiger charge is -2.29. The number of likely N-dealkylation sites (N-methyl/N-ethyl adjacent to an activating group) is 1. The highest BCUT2D eigenvalue weighted by molar-refractivity contribution is 7.87. The summed E-state index contributed by atoms with van der Waals surface area (Å²) < 4.78 is 29.5. The summed E-state index contributed by atoms with van der Waals surface area (Å²) in [6.45, 7) is 1.72. The van der Waals surface area contributed by atoms with Crippen molar-refractivity contribution in [3.8, 4) is 0 Å². The van der Waals surface area contributed by atoms with E-state index in [0.717, 1.165) is 18.5 Å². The molecule has 2 saturated heterocycles. The summed E-state index contributed by atoms with van der Waals surface area (Å²) >= 11 is 0. The first-order valence-electron chi connectivity index (χ1n) is 7.68. The van der Waals surface area contributed by atoms with Crippen LogP contribution in [0.2, 0.25) is 0 Å². The Balaban J connectivity index is 1.67. The van der Waals surface area contributed by atoms with Gasteiger partial charge >= 0.3 is 0 Å². The van der Waals surface area contributed by atoms with Gasteiger partial charge in [-0.2, -0.15) is 12.7 Å². The van der Waals surface area contributed by atoms with Gasteiger partial charge in [-0.25, -0.2) is 4.72 Å². The molecule has 1 unspecified atom stereocenters. The molecule has 2 aliphatic heterocycles. The summed E-state index contributed by atoms with van der Waals surface area (Å²) in [4.78, 5) is 2.04. The second-order valence-corrected chi connectivity index (χ2v) is 8.02. The Morgan fingerprint density at radius 3 is 2.64 bits per heavy atom. The number of benzene rings is 1. The molecule has 0 saturated carbocycles. The van der Waals surface area contributed by atoms with E-state index in [1.54, 1.807) is 4.31 Å². The molecule has 1 aromatic rings. The van der Waals surface area contributed by atoms with Gasteiger partial charge in [0, 0.05) is 37.8 Å². The topological polar surface area (TPSA) is 64.7 Å². The molecule has 2 fully saturated rings. The molecule has 0 amide bonds. The highest BCUT2D eigenvalue weighted by Crippen LogP contribution is 2.26. The van der Waals surface area contributed by atoms with E-state index in [-0.39, 0.29) is 12.1 Å². The van der Waals surface area contributed by atoms with Crippen LogP contribution in [0.15, 0.2) is 30.3 Å². The van der Waals surface area contributed by atoms with Gasteiger partial charge < -0.3 is 10.2 Å². The Bertz CT molecular complexity index is 605. The highest BCUT2D eigenvalue weighted by Gasteiger charge is 2.43. The summed E-state index contributed by atoms with van der Waals surface area (Å²) in [5.74, 6) is 0. The quantitative estimate of drug-likeness (QED) is 0.783. The van der Waals surface area contributed by atoms with Gasteiger partial charge in [-0.3, -0.25) is 0 Å². The van der Waals surface area contributed by atoms with Crippen molar-refractivity contribution < 1.29 is 8.42 Å². The zero-order valence-corrected chi connectivity index (χ0v) is 13.9. The molecule has 0 aliphatic carbocycles. The maximum absolute atomic E-state index is 12.5. The smallest absolute Gasteiger partial charge is 0.279 e. The lowest BCUT2D eigenvalue weighted by molar-refractivity contribution is 0.293. The third-order valence-corrected chi connectivity index (χ3v) is 6.18. The normalized spacial score (nSPS) is 26.7. The number of nitrogens with zero attached hydrogens (tertiary/aromatic N) is 2. The average Bonchev–Trinajstić information content (AvgIpc) is 3.11. The van der Waals surface area contributed by atoms with Crippen LogP contribution in [0.25, 0.3) is 0 Å². The maximum atomic E-state index is 12.5. The minimum atomic E-state index is -3.41. The summed E-state index contributed by atoms with van der Waals surface area (Å²) in [6, 6.07) is 10.4. The number of hydrogen-bond acceptors (Lipinski definition) is 4. The first kappa shape index (κ1) is 15.9. The Morgan fingerprint density at radius 1 is 1.36 bits per heavy atom. The van der Waals surface area contributed by atoms with Gasteiger partial charge in [0.05, 0.1) is 0 Å². The number of nitrogens with one attached hydrogen (secondary N) is 2. The molecule has 0 spiro atoms. The van der Waals surface area contributed by atoms with Crippen molar-refractivity contribution in [2.24, 2.45) is 0 Å². The zero-order valence-electron chi connectivity index (χ0n) is 13.1. The van der Waals surface area contributed by atoms with E-state index in [4.69, 9.17) is 0 Å². The molecule has 2 aliphatic rings. The van der Waals surface area contributed by atoms with Gasteiger partial charge in [0.1, 0.15) is 0 Å². The Hall–Kier alpha value is -0.990. The van der Waals surface area contributed by atoms with E-state index in [0.29, 0.717) is 19.1 Å². The Labute approximate surface area is 132 Å². The van der Waals surface area contributed by atoms with Gasteiger partial charge in [0.15, 0.2) is 0 Å². The van der Waals surface area contributed by atoms with Gasteiger partial charge in [-0.05, 0) is 26.1 Å². The van der Waals surface area contributed by atoms with Crippen LogP contribution >= 0.6 is 0 Å². The molecule has 2 heterocycles. The van der Waals surface area contributed by atoms with Crippen LogP contribution < -0.4 is 10.0 Å². The van der Waals surface area contributed by atoms with Crippen LogP contribution in [0.3, 0.4) is 0 Å². The largest absolute Gasteiger partial charge is 0.311 e. The van der Waals surface area contributed by atoms with Crippen molar-refractivity contribution in [3.63, 3.8) is 0 Å². The van der Waals surface area contributed by atoms with E-state index in [1.807, 2.05) is 49.3 Å². The Kier molecular flexibility index (Phi) is 4.52. The predicted octanol–water partition coefficient (Wildman–Crippen LogP) is 0.170. The van der Waals surface area contributed by atoms with E-state index < -0.39 is 10.2 Å². The fraction of sp³-hybridized carbons (Fsp3) is 0.600. The molecule has 2 N–H and O–H groups in total. The van der Waals surface area contributed by atoms with Crippen molar-refractivity contribution in [2.75, 3.05) is 33.7 Å². The van der Waals surface area contributed by atoms with Crippen molar-refractivity contribution in [2.45, 2.75) is 24.5 Å². The highest BCUT2D eigenvalue weighted by atomic mass is 32.2. The van der Waals surface area contributed by atoms with Gasteiger partial charge in [-0.15, -0.1) is 0 Å². The van der Waals surface area contributed by atoms with E-state index in [2.05, 4.69) is 10.0 Å². The molecule has 22 heavy (non-hydrogen) atoms. The van der Waals surface area contributed by atoms with E-state index in [9.17, 15) is 8.42 Å². The molecule has 7 heteroatoms. The van der Waals surface area contributed by atoms with Crippen LogP contribution in [0.1, 0.15) is 18.0 Å². The number of fused-ring (bicyclic) bond motifs is 2. The molecule has 6 nitrogen and oxygen atoms in total. The fourth-order valence-corrected chi connectivity index (χ4v) is 4.82. The second kappa shape index (κ2) is 6.25. The maximum Gasteiger partial charge on any atom is 0.279 e. The van der Waals surface area contributed by atoms with Crippen LogP contribution in [-0.4, -0.2) is 63.4 Å². The zero-order chi connectivity index (χ0) is 15.7. The summed E-state index contributed by atoms with van der Waals surface area (Å²) in [5, 5.41) is 3.32. The van der Waals surface area contributed by atoms with Crippen LogP contribution in [0.4, 0.5) is 0 Å². The third kappa shape index (κ3) is 3.18. The number of hydrogen-bond donors (Lipinski definition) is 2. The molecule has 2 bridgehead atoms. The minimum Gasteiger partial charge on any atom is -0.311 e. The van der Waals surface area contributed by atoms with Crippen molar-refractivity contribution in [1.82, 2.24) is 19.2 Å². The first-order valence-corrected chi connectivity index (χ1v) is 9.12. The third-order valence-electron chi connectivity index (χ3n) is 4.58. The lowest BCUT2D eigenvalue weighted by Crippen LogP contribution is -2.51. The van der Waals surface area contributed by atoms with Crippen LogP contribution in [0, 0.1) is 0 Å². The number of piperazine rings is 1. The summed E-state index contributed by atoms with van der Waals surface area (Å²) in [7, 11) is 0.521.